The summed E-state index contributed by atoms with van der Waals surface area (Å²) in [7, 11) is -2.05. The molecule has 1 heterocycles. The van der Waals surface area contributed by atoms with Crippen LogP contribution in [0.25, 0.3) is 0 Å². The van der Waals surface area contributed by atoms with Gasteiger partial charge >= 0.3 is 0 Å². The largest absolute Gasteiger partial charge is 0.497 e. The third-order valence-corrected chi connectivity index (χ3v) is 6.19. The van der Waals surface area contributed by atoms with Crippen molar-refractivity contribution < 1.29 is 13.2 Å². The van der Waals surface area contributed by atoms with Crippen LogP contribution in [0, 0.1) is 13.8 Å². The quantitative estimate of drug-likeness (QED) is 0.415. The number of anilines is 3. The highest BCUT2D eigenvalue weighted by molar-refractivity contribution is 7.89. The molecular formula is C21H24ClN5O3S. The number of hydrogen-bond donors (Lipinski definition) is 3. The molecular weight excluding hydrogens is 438 g/mol. The average Bonchev–Trinajstić information content (AvgIpc) is 2.73. The van der Waals surface area contributed by atoms with Gasteiger partial charge in [0, 0.05) is 35.6 Å². The Morgan fingerprint density at radius 1 is 1.00 bits per heavy atom. The zero-order chi connectivity index (χ0) is 22.4. The summed E-state index contributed by atoms with van der Waals surface area (Å²) in [6, 6.07) is 14.1. The number of hydrogen-bond acceptors (Lipinski definition) is 7. The van der Waals surface area contributed by atoms with Gasteiger partial charge in [-0.25, -0.2) is 18.1 Å². The lowest BCUT2D eigenvalue weighted by Gasteiger charge is -2.12. The molecule has 8 nitrogen and oxygen atoms in total. The van der Waals surface area contributed by atoms with Crippen molar-refractivity contribution in [2.45, 2.75) is 18.7 Å². The minimum atomic E-state index is -3.67. The molecule has 0 saturated heterocycles. The minimum Gasteiger partial charge on any atom is -0.497 e. The highest BCUT2D eigenvalue weighted by Gasteiger charge is 2.16. The summed E-state index contributed by atoms with van der Waals surface area (Å²) in [5.41, 5.74) is 2.25. The van der Waals surface area contributed by atoms with Gasteiger partial charge in [0.2, 0.25) is 16.0 Å². The zero-order valence-corrected chi connectivity index (χ0v) is 19.0. The van der Waals surface area contributed by atoms with E-state index in [2.05, 4.69) is 25.3 Å². The van der Waals surface area contributed by atoms with Crippen LogP contribution in [0.4, 0.5) is 17.5 Å². The second kappa shape index (κ2) is 9.95. The number of sulfonamides is 1. The van der Waals surface area contributed by atoms with E-state index in [1.54, 1.807) is 26.2 Å². The molecule has 0 fully saturated rings. The van der Waals surface area contributed by atoms with Crippen molar-refractivity contribution in [2.24, 2.45) is 0 Å². The Morgan fingerprint density at radius 3 is 2.45 bits per heavy atom. The minimum absolute atomic E-state index is 0.160. The maximum Gasteiger partial charge on any atom is 0.240 e. The van der Waals surface area contributed by atoms with Crippen molar-refractivity contribution >= 4 is 39.1 Å². The van der Waals surface area contributed by atoms with E-state index in [4.69, 9.17) is 16.3 Å². The first-order valence-corrected chi connectivity index (χ1v) is 11.4. The third kappa shape index (κ3) is 6.30. The molecule has 0 aliphatic rings. The third-order valence-electron chi connectivity index (χ3n) is 4.36. The Labute approximate surface area is 187 Å². The van der Waals surface area contributed by atoms with E-state index in [0.29, 0.717) is 28.9 Å². The molecule has 0 radical (unpaired) electrons. The molecule has 3 aromatic rings. The van der Waals surface area contributed by atoms with Gasteiger partial charge in [0.15, 0.2) is 0 Å². The molecule has 31 heavy (non-hydrogen) atoms. The first-order chi connectivity index (χ1) is 14.8. The number of aromatic nitrogens is 2. The van der Waals surface area contributed by atoms with Crippen molar-refractivity contribution in [3.8, 4) is 5.75 Å². The molecule has 0 unspecified atom stereocenters. The maximum atomic E-state index is 12.5. The smallest absolute Gasteiger partial charge is 0.240 e. The summed E-state index contributed by atoms with van der Waals surface area (Å²) < 4.78 is 32.8. The van der Waals surface area contributed by atoms with Gasteiger partial charge in [0.25, 0.3) is 0 Å². The van der Waals surface area contributed by atoms with E-state index in [9.17, 15) is 8.42 Å². The fourth-order valence-electron chi connectivity index (χ4n) is 2.83. The Balaban J connectivity index is 1.59. The lowest BCUT2D eigenvalue weighted by Crippen LogP contribution is -2.29. The van der Waals surface area contributed by atoms with Crippen molar-refractivity contribution in [1.29, 1.82) is 0 Å². The monoisotopic (exact) mass is 461 g/mol. The van der Waals surface area contributed by atoms with E-state index in [0.717, 1.165) is 17.1 Å². The van der Waals surface area contributed by atoms with Gasteiger partial charge in [0.1, 0.15) is 11.6 Å². The van der Waals surface area contributed by atoms with Crippen LogP contribution in [0.15, 0.2) is 53.4 Å². The Hall–Kier alpha value is -2.88. The van der Waals surface area contributed by atoms with Crippen LogP contribution in [0.1, 0.15) is 11.3 Å². The number of halogens is 1. The number of nitrogens with one attached hydrogen (secondary N) is 3. The van der Waals surface area contributed by atoms with Gasteiger partial charge in [-0.2, -0.15) is 4.98 Å². The van der Waals surface area contributed by atoms with E-state index >= 15 is 0 Å². The molecule has 2 aromatic carbocycles. The molecule has 10 heteroatoms. The van der Waals surface area contributed by atoms with Gasteiger partial charge < -0.3 is 15.4 Å². The SMILES string of the molecule is COc1ccc(Nc2cc(C)nc(NCCNS(=O)(=O)c3cc(Cl)ccc3C)n2)cc1. The Kier molecular flexibility index (Phi) is 7.32. The molecule has 0 atom stereocenters. The van der Waals surface area contributed by atoms with Crippen LogP contribution in [0.3, 0.4) is 0 Å². The Morgan fingerprint density at radius 2 is 1.74 bits per heavy atom. The normalized spacial score (nSPS) is 11.2. The lowest BCUT2D eigenvalue weighted by molar-refractivity contribution is 0.415. The molecule has 3 N–H and O–H groups in total. The molecule has 0 bridgehead atoms. The summed E-state index contributed by atoms with van der Waals surface area (Å²) >= 11 is 5.93. The van der Waals surface area contributed by atoms with E-state index in [1.165, 1.54) is 6.07 Å². The van der Waals surface area contributed by atoms with E-state index in [1.807, 2.05) is 37.3 Å². The fraction of sp³-hybridized carbons (Fsp3) is 0.238. The number of benzene rings is 2. The topological polar surface area (TPSA) is 105 Å². The summed E-state index contributed by atoms with van der Waals surface area (Å²) in [5.74, 6) is 1.78. The summed E-state index contributed by atoms with van der Waals surface area (Å²) in [6.45, 7) is 4.05. The van der Waals surface area contributed by atoms with Crippen LogP contribution in [0.5, 0.6) is 5.75 Å². The highest BCUT2D eigenvalue weighted by atomic mass is 35.5. The van der Waals surface area contributed by atoms with Crippen molar-refractivity contribution in [3.63, 3.8) is 0 Å². The predicted octanol–water partition coefficient (Wildman–Crippen LogP) is 3.89. The van der Waals surface area contributed by atoms with Crippen molar-refractivity contribution in [2.75, 3.05) is 30.8 Å². The zero-order valence-electron chi connectivity index (χ0n) is 17.4. The predicted molar refractivity (Wildman–Crippen MR) is 123 cm³/mol. The highest BCUT2D eigenvalue weighted by Crippen LogP contribution is 2.21. The van der Waals surface area contributed by atoms with Gasteiger partial charge in [-0.15, -0.1) is 0 Å². The maximum absolute atomic E-state index is 12.5. The van der Waals surface area contributed by atoms with Crippen LogP contribution in [-0.2, 0) is 10.0 Å². The van der Waals surface area contributed by atoms with Crippen LogP contribution >= 0.6 is 11.6 Å². The van der Waals surface area contributed by atoms with E-state index in [-0.39, 0.29) is 11.4 Å². The van der Waals surface area contributed by atoms with Crippen molar-refractivity contribution in [1.82, 2.24) is 14.7 Å². The van der Waals surface area contributed by atoms with Gasteiger partial charge in [-0.05, 0) is 55.8 Å². The van der Waals surface area contributed by atoms with E-state index < -0.39 is 10.0 Å². The summed E-state index contributed by atoms with van der Waals surface area (Å²) in [5, 5.41) is 6.63. The number of methoxy groups -OCH3 is 1. The summed E-state index contributed by atoms with van der Waals surface area (Å²) in [4.78, 5) is 8.94. The number of nitrogens with zero attached hydrogens (tertiary/aromatic N) is 2. The van der Waals surface area contributed by atoms with Gasteiger partial charge in [0.05, 0.1) is 12.0 Å². The molecule has 0 spiro atoms. The van der Waals surface area contributed by atoms with Crippen LogP contribution < -0.4 is 20.1 Å². The second-order valence-electron chi connectivity index (χ2n) is 6.81. The molecule has 164 valence electrons. The average molecular weight is 462 g/mol. The standard InChI is InChI=1S/C21H24ClN5O3S/c1-14-4-5-16(22)13-19(14)31(28,29)24-11-10-23-21-25-15(2)12-20(27-21)26-17-6-8-18(30-3)9-7-17/h4-9,12-13,24H,10-11H2,1-3H3,(H2,23,25,26,27). The van der Waals surface area contributed by atoms with Crippen LogP contribution in [0.2, 0.25) is 5.02 Å². The number of ether oxygens (including phenoxy) is 1. The Bertz CT molecular complexity index is 1150. The molecule has 0 saturated carbocycles. The first kappa shape index (κ1) is 22.8. The molecule has 3 rings (SSSR count). The number of aryl methyl sites for hydroxylation is 2. The molecule has 0 amide bonds. The first-order valence-electron chi connectivity index (χ1n) is 9.53. The van der Waals surface area contributed by atoms with Crippen LogP contribution in [-0.4, -0.2) is 38.6 Å². The summed E-state index contributed by atoms with van der Waals surface area (Å²) in [6.07, 6.45) is 0. The van der Waals surface area contributed by atoms with Gasteiger partial charge in [-0.1, -0.05) is 17.7 Å². The fourth-order valence-corrected chi connectivity index (χ4v) is 4.37. The molecule has 1 aromatic heterocycles. The van der Waals surface area contributed by atoms with Crippen molar-refractivity contribution in [3.05, 3.63) is 64.8 Å². The molecule has 0 aliphatic heterocycles. The number of rotatable bonds is 9. The lowest BCUT2D eigenvalue weighted by atomic mass is 10.2. The van der Waals surface area contributed by atoms with Gasteiger partial charge in [-0.3, -0.25) is 0 Å². The molecule has 0 aliphatic carbocycles. The second-order valence-corrected chi connectivity index (χ2v) is 8.98.